The van der Waals surface area contributed by atoms with E-state index < -0.39 is 16.1 Å². The molecule has 0 saturated heterocycles. The van der Waals surface area contributed by atoms with Gasteiger partial charge in [0.1, 0.15) is 0 Å². The summed E-state index contributed by atoms with van der Waals surface area (Å²) in [5, 5.41) is 0. The fourth-order valence-electron chi connectivity index (χ4n) is 5.16. The Morgan fingerprint density at radius 3 is 0.848 bits per heavy atom. The van der Waals surface area contributed by atoms with Crippen LogP contribution >= 0.6 is 0 Å². The summed E-state index contributed by atoms with van der Waals surface area (Å²) in [5.41, 5.74) is 16.5. The van der Waals surface area contributed by atoms with Crippen molar-refractivity contribution in [3.05, 3.63) is 189 Å². The Morgan fingerprint density at radius 2 is 0.587 bits per heavy atom. The monoisotopic (exact) mass is 626 g/mol. The summed E-state index contributed by atoms with van der Waals surface area (Å²) in [6, 6.07) is 46.8. The van der Waals surface area contributed by atoms with Gasteiger partial charge in [0.15, 0.2) is 0 Å². The van der Waals surface area contributed by atoms with Crippen LogP contribution in [0.5, 0.6) is 0 Å². The summed E-state index contributed by atoms with van der Waals surface area (Å²) in [5.74, 6) is 13.3. The van der Waals surface area contributed by atoms with E-state index in [1.165, 1.54) is 33.4 Å². The molecule has 0 unspecified atom stereocenters. The second-order valence-corrected chi connectivity index (χ2v) is 23.9. The smallest absolute Gasteiger partial charge is 0.0695 e. The molecule has 0 radical (unpaired) electrons. The van der Waals surface area contributed by atoms with Crippen molar-refractivity contribution in [3.63, 3.8) is 0 Å². The Hall–Kier alpha value is -4.87. The maximum absolute atomic E-state index is 3.33. The van der Waals surface area contributed by atoms with Crippen molar-refractivity contribution in [2.45, 2.75) is 39.3 Å². The predicted molar refractivity (Wildman–Crippen MR) is 205 cm³/mol. The Labute approximate surface area is 278 Å². The van der Waals surface area contributed by atoms with Crippen LogP contribution in [0.1, 0.15) is 44.5 Å². The van der Waals surface area contributed by atoms with Crippen molar-refractivity contribution in [2.75, 3.05) is 0 Å². The number of benzene rings is 5. The van der Waals surface area contributed by atoms with Crippen LogP contribution in [-0.4, -0.2) is 16.1 Å². The zero-order chi connectivity index (χ0) is 32.6. The SMILES string of the molecule is C[Si](C)(C)/C=C(\c1ccccc1)c1ccc(C#Cc2ccc(C#Cc3ccc(/C(=C/[Si](C)(C)C)c4ccccc4)cc3)cc2)cc1. The molecule has 0 aliphatic carbocycles. The van der Waals surface area contributed by atoms with Crippen LogP contribution in [0.2, 0.25) is 39.3 Å². The summed E-state index contributed by atoms with van der Waals surface area (Å²) >= 11 is 0. The average molecular weight is 627 g/mol. The highest BCUT2D eigenvalue weighted by Gasteiger charge is 2.15. The molecule has 0 aromatic heterocycles. The molecule has 0 spiro atoms. The van der Waals surface area contributed by atoms with Gasteiger partial charge in [0.25, 0.3) is 0 Å². The van der Waals surface area contributed by atoms with E-state index in [0.717, 1.165) is 22.3 Å². The number of hydrogen-bond acceptors (Lipinski definition) is 0. The molecular formula is C44H42Si2. The molecule has 5 rings (SSSR count). The van der Waals surface area contributed by atoms with Crippen molar-refractivity contribution < 1.29 is 0 Å². The molecule has 5 aromatic carbocycles. The maximum Gasteiger partial charge on any atom is 0.0695 e. The molecule has 46 heavy (non-hydrogen) atoms. The normalized spacial score (nSPS) is 12.0. The minimum Gasteiger partial charge on any atom is -0.0867 e. The van der Waals surface area contributed by atoms with Gasteiger partial charge in [-0.15, -0.1) is 0 Å². The zero-order valence-corrected chi connectivity index (χ0v) is 29.9. The fraction of sp³-hybridized carbons (Fsp3) is 0.136. The zero-order valence-electron chi connectivity index (χ0n) is 27.9. The fourth-order valence-corrected chi connectivity index (χ4v) is 7.56. The Morgan fingerprint density at radius 1 is 0.348 bits per heavy atom. The van der Waals surface area contributed by atoms with Gasteiger partial charge in [-0.1, -0.05) is 159 Å². The molecular weight excluding hydrogens is 585 g/mol. The molecule has 0 atom stereocenters. The van der Waals surface area contributed by atoms with Gasteiger partial charge in [0, 0.05) is 22.3 Å². The second kappa shape index (κ2) is 14.5. The van der Waals surface area contributed by atoms with Gasteiger partial charge in [-0.25, -0.2) is 0 Å². The van der Waals surface area contributed by atoms with Gasteiger partial charge in [-0.2, -0.15) is 0 Å². The third kappa shape index (κ3) is 9.56. The van der Waals surface area contributed by atoms with E-state index in [0.29, 0.717) is 0 Å². The first-order chi connectivity index (χ1) is 22.0. The van der Waals surface area contributed by atoms with E-state index in [1.807, 2.05) is 24.3 Å². The van der Waals surface area contributed by atoms with Crippen LogP contribution in [-0.2, 0) is 0 Å². The second-order valence-electron chi connectivity index (χ2n) is 13.8. The van der Waals surface area contributed by atoms with Gasteiger partial charge in [-0.05, 0) is 81.9 Å². The number of hydrogen-bond donors (Lipinski definition) is 0. The van der Waals surface area contributed by atoms with Gasteiger partial charge in [0.2, 0.25) is 0 Å². The first-order valence-electron chi connectivity index (χ1n) is 15.9. The predicted octanol–water partition coefficient (Wildman–Crippen LogP) is 11.1. The van der Waals surface area contributed by atoms with E-state index in [4.69, 9.17) is 0 Å². The Kier molecular flexibility index (Phi) is 10.2. The van der Waals surface area contributed by atoms with Gasteiger partial charge < -0.3 is 0 Å². The molecule has 2 heteroatoms. The Balaban J connectivity index is 1.27. The molecule has 226 valence electrons. The quantitative estimate of drug-likeness (QED) is 0.130. The van der Waals surface area contributed by atoms with Gasteiger partial charge in [0.05, 0.1) is 16.1 Å². The van der Waals surface area contributed by atoms with Gasteiger partial charge >= 0.3 is 0 Å². The lowest BCUT2D eigenvalue weighted by Crippen LogP contribution is -2.17. The molecule has 0 amide bonds. The van der Waals surface area contributed by atoms with Crippen molar-refractivity contribution in [2.24, 2.45) is 0 Å². The first-order valence-corrected chi connectivity index (χ1v) is 23.1. The lowest BCUT2D eigenvalue weighted by atomic mass is 9.98. The average Bonchev–Trinajstić information content (AvgIpc) is 3.05. The summed E-state index contributed by atoms with van der Waals surface area (Å²) < 4.78 is 0. The lowest BCUT2D eigenvalue weighted by molar-refractivity contribution is 1.53. The van der Waals surface area contributed by atoms with Crippen molar-refractivity contribution in [1.82, 2.24) is 0 Å². The van der Waals surface area contributed by atoms with Crippen LogP contribution in [0.25, 0.3) is 11.1 Å². The van der Waals surface area contributed by atoms with Crippen molar-refractivity contribution in [1.29, 1.82) is 0 Å². The molecule has 0 N–H and O–H groups in total. The van der Waals surface area contributed by atoms with Crippen molar-refractivity contribution in [3.8, 4) is 23.7 Å². The third-order valence-electron chi connectivity index (χ3n) is 7.30. The largest absolute Gasteiger partial charge is 0.0867 e. The first kappa shape index (κ1) is 32.5. The van der Waals surface area contributed by atoms with Crippen molar-refractivity contribution >= 4 is 27.3 Å². The molecule has 0 bridgehead atoms. The summed E-state index contributed by atoms with van der Waals surface area (Å²) in [6.45, 7) is 14.2. The summed E-state index contributed by atoms with van der Waals surface area (Å²) in [7, 11) is -2.83. The summed E-state index contributed by atoms with van der Waals surface area (Å²) in [6.07, 6.45) is 0. The molecule has 0 saturated carbocycles. The molecule has 0 aliphatic heterocycles. The molecule has 0 nitrogen and oxygen atoms in total. The maximum atomic E-state index is 3.33. The van der Waals surface area contributed by atoms with Crippen LogP contribution < -0.4 is 0 Å². The van der Waals surface area contributed by atoms with E-state index >= 15 is 0 Å². The van der Waals surface area contributed by atoms with Gasteiger partial charge in [-0.3, -0.25) is 0 Å². The highest BCUT2D eigenvalue weighted by molar-refractivity contribution is 6.82. The Bertz CT molecular complexity index is 1790. The minimum absolute atomic E-state index is 0.977. The standard InChI is InChI=1S/C44H42Si2/c1-45(2,3)33-43(39-13-9-7-10-14-39)41-29-25-37(26-30-41)23-21-35-17-19-36(20-18-35)22-24-38-27-31-42(32-28-38)44(34-46(4,5)6)40-15-11-8-12-16-40/h7-20,25-34H,1-6H3/b43-33+,44-34+. The number of rotatable bonds is 6. The minimum atomic E-state index is -1.42. The van der Waals surface area contributed by atoms with E-state index in [1.54, 1.807) is 0 Å². The molecule has 0 heterocycles. The molecule has 5 aromatic rings. The van der Waals surface area contributed by atoms with E-state index in [-0.39, 0.29) is 0 Å². The van der Waals surface area contributed by atoms with Crippen LogP contribution in [0, 0.1) is 23.7 Å². The highest BCUT2D eigenvalue weighted by Crippen LogP contribution is 2.27. The lowest BCUT2D eigenvalue weighted by Gasteiger charge is -2.16. The molecule has 0 aliphatic rings. The highest BCUT2D eigenvalue weighted by atomic mass is 28.3. The van der Waals surface area contributed by atoms with Crippen LogP contribution in [0.4, 0.5) is 0 Å². The van der Waals surface area contributed by atoms with E-state index in [9.17, 15) is 0 Å². The summed E-state index contributed by atoms with van der Waals surface area (Å²) in [4.78, 5) is 0. The third-order valence-corrected chi connectivity index (χ3v) is 9.61. The van der Waals surface area contributed by atoms with Crippen LogP contribution in [0.3, 0.4) is 0 Å². The van der Waals surface area contributed by atoms with Crippen LogP contribution in [0.15, 0.2) is 145 Å². The van der Waals surface area contributed by atoms with E-state index in [2.05, 4.69) is 184 Å². The topological polar surface area (TPSA) is 0 Å². The molecule has 0 fully saturated rings.